The second kappa shape index (κ2) is 9.00. The minimum absolute atomic E-state index is 0.152. The SMILES string of the molecule is COCCCNC(=O)c1ccnc(C(=O)Nc2cccc(Cl)c2)c1. The first kappa shape index (κ1) is 17.9. The van der Waals surface area contributed by atoms with E-state index in [1.54, 1.807) is 37.4 Å². The number of anilines is 1. The molecule has 0 fully saturated rings. The molecule has 0 radical (unpaired) electrons. The molecule has 24 heavy (non-hydrogen) atoms. The molecule has 0 bridgehead atoms. The molecule has 1 aromatic heterocycles. The summed E-state index contributed by atoms with van der Waals surface area (Å²) in [5.41, 5.74) is 1.09. The van der Waals surface area contributed by atoms with Crippen molar-refractivity contribution in [1.29, 1.82) is 0 Å². The number of nitrogens with zero attached hydrogens (tertiary/aromatic N) is 1. The van der Waals surface area contributed by atoms with Crippen molar-refractivity contribution in [2.45, 2.75) is 6.42 Å². The van der Waals surface area contributed by atoms with Crippen molar-refractivity contribution < 1.29 is 14.3 Å². The van der Waals surface area contributed by atoms with Crippen molar-refractivity contribution in [3.8, 4) is 0 Å². The van der Waals surface area contributed by atoms with Crippen molar-refractivity contribution in [2.24, 2.45) is 0 Å². The van der Waals surface area contributed by atoms with Gasteiger partial charge in [0, 0.05) is 42.7 Å². The molecule has 2 aromatic rings. The number of rotatable bonds is 7. The normalized spacial score (nSPS) is 10.2. The molecule has 1 heterocycles. The van der Waals surface area contributed by atoms with Crippen LogP contribution >= 0.6 is 11.6 Å². The van der Waals surface area contributed by atoms with E-state index in [1.165, 1.54) is 12.3 Å². The molecular weight excluding hydrogens is 330 g/mol. The van der Waals surface area contributed by atoms with Crippen LogP contribution in [0.4, 0.5) is 5.69 Å². The third kappa shape index (κ3) is 5.33. The summed E-state index contributed by atoms with van der Waals surface area (Å²) in [6.45, 7) is 1.07. The lowest BCUT2D eigenvalue weighted by Gasteiger charge is -2.07. The highest BCUT2D eigenvalue weighted by Gasteiger charge is 2.12. The van der Waals surface area contributed by atoms with E-state index < -0.39 is 5.91 Å². The Bertz CT molecular complexity index is 722. The molecule has 2 N–H and O–H groups in total. The Morgan fingerprint density at radius 3 is 2.79 bits per heavy atom. The van der Waals surface area contributed by atoms with E-state index in [2.05, 4.69) is 15.6 Å². The van der Waals surface area contributed by atoms with Gasteiger partial charge in [0.25, 0.3) is 11.8 Å². The van der Waals surface area contributed by atoms with Crippen LogP contribution in [0.3, 0.4) is 0 Å². The van der Waals surface area contributed by atoms with E-state index in [1.807, 2.05) is 0 Å². The number of hydrogen-bond donors (Lipinski definition) is 2. The topological polar surface area (TPSA) is 80.3 Å². The fourth-order valence-corrected chi connectivity index (χ4v) is 2.17. The number of benzene rings is 1. The minimum atomic E-state index is -0.411. The zero-order valence-corrected chi connectivity index (χ0v) is 14.0. The fraction of sp³-hybridized carbons (Fsp3) is 0.235. The number of amides is 2. The molecule has 0 aliphatic carbocycles. The lowest BCUT2D eigenvalue weighted by molar-refractivity contribution is 0.0948. The molecule has 2 rings (SSSR count). The first-order chi connectivity index (χ1) is 11.6. The van der Waals surface area contributed by atoms with E-state index in [4.69, 9.17) is 16.3 Å². The molecule has 0 atom stereocenters. The van der Waals surface area contributed by atoms with E-state index in [0.717, 1.165) is 6.42 Å². The van der Waals surface area contributed by atoms with E-state index in [-0.39, 0.29) is 11.6 Å². The Morgan fingerprint density at radius 2 is 2.04 bits per heavy atom. The van der Waals surface area contributed by atoms with Gasteiger partial charge in [0.05, 0.1) is 0 Å². The van der Waals surface area contributed by atoms with Crippen LogP contribution in [0.25, 0.3) is 0 Å². The van der Waals surface area contributed by atoms with Crippen molar-refractivity contribution in [3.05, 3.63) is 58.9 Å². The average Bonchev–Trinajstić information content (AvgIpc) is 2.58. The summed E-state index contributed by atoms with van der Waals surface area (Å²) in [4.78, 5) is 28.3. The number of methoxy groups -OCH3 is 1. The summed E-state index contributed by atoms with van der Waals surface area (Å²) < 4.78 is 4.92. The van der Waals surface area contributed by atoms with Gasteiger partial charge in [-0.15, -0.1) is 0 Å². The summed E-state index contributed by atoms with van der Waals surface area (Å²) >= 11 is 5.88. The summed E-state index contributed by atoms with van der Waals surface area (Å²) in [5.74, 6) is -0.670. The summed E-state index contributed by atoms with van der Waals surface area (Å²) in [6.07, 6.45) is 2.15. The van der Waals surface area contributed by atoms with Gasteiger partial charge in [-0.3, -0.25) is 14.6 Å². The van der Waals surface area contributed by atoms with Crippen LogP contribution in [0.1, 0.15) is 27.3 Å². The van der Waals surface area contributed by atoms with Gasteiger partial charge in [0.15, 0.2) is 0 Å². The maximum absolute atomic E-state index is 12.2. The Balaban J connectivity index is 2.01. The lowest BCUT2D eigenvalue weighted by atomic mass is 10.2. The van der Waals surface area contributed by atoms with Crippen molar-refractivity contribution in [1.82, 2.24) is 10.3 Å². The number of pyridine rings is 1. The van der Waals surface area contributed by atoms with Crippen LogP contribution in [-0.4, -0.2) is 37.1 Å². The van der Waals surface area contributed by atoms with E-state index >= 15 is 0 Å². The summed E-state index contributed by atoms with van der Waals surface area (Å²) in [6, 6.07) is 9.80. The molecule has 7 heteroatoms. The predicted octanol–water partition coefficient (Wildman–Crippen LogP) is 2.75. The maximum Gasteiger partial charge on any atom is 0.274 e. The van der Waals surface area contributed by atoms with E-state index in [9.17, 15) is 9.59 Å². The van der Waals surface area contributed by atoms with Crippen LogP contribution in [0.2, 0.25) is 5.02 Å². The molecule has 0 saturated carbocycles. The molecule has 1 aromatic carbocycles. The molecule has 2 amide bonds. The van der Waals surface area contributed by atoms with Crippen LogP contribution in [0, 0.1) is 0 Å². The lowest BCUT2D eigenvalue weighted by Crippen LogP contribution is -2.25. The molecule has 0 aliphatic rings. The fourth-order valence-electron chi connectivity index (χ4n) is 1.98. The number of aromatic nitrogens is 1. The number of nitrogens with one attached hydrogen (secondary N) is 2. The van der Waals surface area contributed by atoms with Gasteiger partial charge < -0.3 is 15.4 Å². The van der Waals surface area contributed by atoms with Crippen molar-refractivity contribution in [3.63, 3.8) is 0 Å². The summed E-state index contributed by atoms with van der Waals surface area (Å²) in [5, 5.41) is 5.97. The predicted molar refractivity (Wildman–Crippen MR) is 92.5 cm³/mol. The third-order valence-corrected chi connectivity index (χ3v) is 3.38. The Morgan fingerprint density at radius 1 is 1.21 bits per heavy atom. The molecule has 0 aliphatic heterocycles. The van der Waals surface area contributed by atoms with Gasteiger partial charge in [0.2, 0.25) is 0 Å². The first-order valence-corrected chi connectivity index (χ1v) is 7.78. The quantitative estimate of drug-likeness (QED) is 0.755. The second-order valence-electron chi connectivity index (χ2n) is 5.00. The number of hydrogen-bond acceptors (Lipinski definition) is 4. The van der Waals surface area contributed by atoms with Crippen LogP contribution in [0.15, 0.2) is 42.6 Å². The van der Waals surface area contributed by atoms with Crippen LogP contribution in [-0.2, 0) is 4.74 Å². The molecule has 0 spiro atoms. The van der Waals surface area contributed by atoms with Crippen LogP contribution in [0.5, 0.6) is 0 Å². The zero-order chi connectivity index (χ0) is 17.4. The third-order valence-electron chi connectivity index (χ3n) is 3.15. The van der Waals surface area contributed by atoms with Gasteiger partial charge in [0.1, 0.15) is 5.69 Å². The van der Waals surface area contributed by atoms with Crippen molar-refractivity contribution >= 4 is 29.1 Å². The van der Waals surface area contributed by atoms with Gasteiger partial charge in [-0.05, 0) is 36.8 Å². The Hall–Kier alpha value is -2.44. The second-order valence-corrected chi connectivity index (χ2v) is 5.43. The standard InChI is InChI=1S/C17H18ClN3O3/c1-24-9-3-7-20-16(22)12-6-8-19-15(10-12)17(23)21-14-5-2-4-13(18)11-14/h2,4-6,8,10-11H,3,7,9H2,1H3,(H,20,22)(H,21,23). The highest BCUT2D eigenvalue weighted by molar-refractivity contribution is 6.30. The number of carbonyl (C=O) groups is 2. The molecule has 0 saturated heterocycles. The monoisotopic (exact) mass is 347 g/mol. The molecule has 126 valence electrons. The van der Waals surface area contributed by atoms with E-state index in [0.29, 0.717) is 29.4 Å². The highest BCUT2D eigenvalue weighted by atomic mass is 35.5. The zero-order valence-electron chi connectivity index (χ0n) is 13.2. The molecule has 0 unspecified atom stereocenters. The number of carbonyl (C=O) groups excluding carboxylic acids is 2. The van der Waals surface area contributed by atoms with Crippen molar-refractivity contribution in [2.75, 3.05) is 25.6 Å². The van der Waals surface area contributed by atoms with Crippen LogP contribution < -0.4 is 10.6 Å². The van der Waals surface area contributed by atoms with Gasteiger partial charge in [-0.2, -0.15) is 0 Å². The Kier molecular flexibility index (Phi) is 6.72. The maximum atomic E-state index is 12.2. The van der Waals surface area contributed by atoms with Gasteiger partial charge >= 0.3 is 0 Å². The first-order valence-electron chi connectivity index (χ1n) is 7.40. The minimum Gasteiger partial charge on any atom is -0.385 e. The van der Waals surface area contributed by atoms with Gasteiger partial charge in [-0.1, -0.05) is 17.7 Å². The molecular formula is C17H18ClN3O3. The Labute approximate surface area is 145 Å². The average molecular weight is 348 g/mol. The van der Waals surface area contributed by atoms with Gasteiger partial charge in [-0.25, -0.2) is 0 Å². The largest absolute Gasteiger partial charge is 0.385 e. The number of halogens is 1. The highest BCUT2D eigenvalue weighted by Crippen LogP contribution is 2.15. The summed E-state index contributed by atoms with van der Waals surface area (Å²) in [7, 11) is 1.61. The number of ether oxygens (including phenoxy) is 1. The molecule has 6 nitrogen and oxygen atoms in total. The smallest absolute Gasteiger partial charge is 0.274 e.